The average Bonchev–Trinajstić information content (AvgIpc) is 3.28. The molecule has 1 unspecified atom stereocenters. The number of rotatable bonds is 7. The van der Waals surface area contributed by atoms with E-state index in [1.165, 1.54) is 0 Å². The topological polar surface area (TPSA) is 74.8 Å². The number of halogens is 3. The first-order valence-corrected chi connectivity index (χ1v) is 10.0. The summed E-state index contributed by atoms with van der Waals surface area (Å²) < 4.78 is 32.5. The number of amides is 1. The van der Waals surface area contributed by atoms with Gasteiger partial charge in [0.2, 0.25) is 0 Å². The van der Waals surface area contributed by atoms with Crippen LogP contribution in [-0.2, 0) is 22.6 Å². The highest BCUT2D eigenvalue weighted by Gasteiger charge is 2.23. The molecule has 1 atom stereocenters. The minimum absolute atomic E-state index is 0. The fourth-order valence-electron chi connectivity index (χ4n) is 3.12. The van der Waals surface area contributed by atoms with Crippen LogP contribution in [0.25, 0.3) is 0 Å². The number of guanidine groups is 1. The lowest BCUT2D eigenvalue weighted by molar-refractivity contribution is -0.124. The maximum atomic E-state index is 13.8. The maximum Gasteiger partial charge on any atom is 0.253 e. The molecule has 9 heteroatoms. The Bertz CT molecular complexity index is 905. The third kappa shape index (κ3) is 7.73. The van der Waals surface area contributed by atoms with Crippen molar-refractivity contribution in [3.63, 3.8) is 0 Å². The molecule has 168 valence electrons. The normalized spacial score (nSPS) is 15.8. The second-order valence-corrected chi connectivity index (χ2v) is 6.98. The van der Waals surface area contributed by atoms with Crippen molar-refractivity contribution in [3.05, 3.63) is 65.2 Å². The SMILES string of the molecule is CCNC(=NCc1cccc(NC(=O)C2CCCO2)c1)NCc1cc(F)ccc1F.I. The van der Waals surface area contributed by atoms with Crippen LogP contribution in [0.1, 0.15) is 30.9 Å². The quantitative estimate of drug-likeness (QED) is 0.281. The molecule has 3 rings (SSSR count). The summed E-state index contributed by atoms with van der Waals surface area (Å²) >= 11 is 0. The van der Waals surface area contributed by atoms with E-state index >= 15 is 0 Å². The Morgan fingerprint density at radius 2 is 2.03 bits per heavy atom. The Morgan fingerprint density at radius 3 is 2.77 bits per heavy atom. The first-order valence-electron chi connectivity index (χ1n) is 10.0. The van der Waals surface area contributed by atoms with E-state index in [9.17, 15) is 13.6 Å². The molecule has 0 spiro atoms. The number of carbonyl (C=O) groups excluding carboxylic acids is 1. The van der Waals surface area contributed by atoms with Gasteiger partial charge in [-0.3, -0.25) is 4.79 Å². The summed E-state index contributed by atoms with van der Waals surface area (Å²) in [5.41, 5.74) is 1.80. The van der Waals surface area contributed by atoms with Crippen LogP contribution in [0, 0.1) is 11.6 Å². The van der Waals surface area contributed by atoms with E-state index in [-0.39, 0.29) is 48.1 Å². The van der Waals surface area contributed by atoms with Crippen LogP contribution in [0.2, 0.25) is 0 Å². The van der Waals surface area contributed by atoms with Gasteiger partial charge in [0.1, 0.15) is 17.7 Å². The first-order chi connectivity index (χ1) is 14.5. The lowest BCUT2D eigenvalue weighted by atomic mass is 10.2. The lowest BCUT2D eigenvalue weighted by Crippen LogP contribution is -2.37. The Kier molecular flexibility index (Phi) is 10.1. The molecule has 0 aromatic heterocycles. The van der Waals surface area contributed by atoms with Gasteiger partial charge in [-0.05, 0) is 55.7 Å². The van der Waals surface area contributed by atoms with Crippen molar-refractivity contribution in [2.24, 2.45) is 4.99 Å². The van der Waals surface area contributed by atoms with Gasteiger partial charge < -0.3 is 20.7 Å². The molecular weight excluding hydrogens is 517 g/mol. The number of hydrogen-bond donors (Lipinski definition) is 3. The summed E-state index contributed by atoms with van der Waals surface area (Å²) in [6.07, 6.45) is 1.24. The van der Waals surface area contributed by atoms with E-state index in [1.54, 1.807) is 0 Å². The van der Waals surface area contributed by atoms with Gasteiger partial charge in [0.05, 0.1) is 6.54 Å². The van der Waals surface area contributed by atoms with Crippen LogP contribution in [0.5, 0.6) is 0 Å². The molecule has 0 bridgehead atoms. The number of anilines is 1. The van der Waals surface area contributed by atoms with Gasteiger partial charge in [0.25, 0.3) is 5.91 Å². The highest BCUT2D eigenvalue weighted by molar-refractivity contribution is 14.0. The zero-order valence-electron chi connectivity index (χ0n) is 17.3. The van der Waals surface area contributed by atoms with Crippen molar-refractivity contribution in [2.75, 3.05) is 18.5 Å². The largest absolute Gasteiger partial charge is 0.368 e. The van der Waals surface area contributed by atoms with Crippen LogP contribution in [-0.4, -0.2) is 31.1 Å². The number of hydrogen-bond acceptors (Lipinski definition) is 3. The van der Waals surface area contributed by atoms with Gasteiger partial charge >= 0.3 is 0 Å². The van der Waals surface area contributed by atoms with Crippen molar-refractivity contribution in [1.82, 2.24) is 10.6 Å². The summed E-state index contributed by atoms with van der Waals surface area (Å²) in [6.45, 7) is 3.61. The van der Waals surface area contributed by atoms with Crippen LogP contribution in [0.15, 0.2) is 47.5 Å². The molecule has 6 nitrogen and oxygen atoms in total. The average molecular weight is 544 g/mol. The van der Waals surface area contributed by atoms with Crippen LogP contribution in [0.4, 0.5) is 14.5 Å². The molecule has 1 saturated heterocycles. The predicted molar refractivity (Wildman–Crippen MR) is 127 cm³/mol. The number of carbonyl (C=O) groups is 1. The smallest absolute Gasteiger partial charge is 0.253 e. The van der Waals surface area contributed by atoms with E-state index in [0.29, 0.717) is 31.3 Å². The van der Waals surface area contributed by atoms with Crippen molar-refractivity contribution in [3.8, 4) is 0 Å². The molecule has 31 heavy (non-hydrogen) atoms. The number of nitrogens with one attached hydrogen (secondary N) is 3. The molecule has 1 aliphatic heterocycles. The minimum atomic E-state index is -0.489. The number of benzene rings is 2. The Balaban J connectivity index is 0.00000341. The van der Waals surface area contributed by atoms with Gasteiger partial charge in [-0.2, -0.15) is 0 Å². The van der Waals surface area contributed by atoms with Crippen molar-refractivity contribution in [1.29, 1.82) is 0 Å². The monoisotopic (exact) mass is 544 g/mol. The summed E-state index contributed by atoms with van der Waals surface area (Å²) in [7, 11) is 0. The molecule has 0 saturated carbocycles. The molecule has 3 N–H and O–H groups in total. The van der Waals surface area contributed by atoms with E-state index in [4.69, 9.17) is 4.74 Å². The third-order valence-electron chi connectivity index (χ3n) is 4.63. The van der Waals surface area contributed by atoms with Crippen molar-refractivity contribution >= 4 is 41.5 Å². The third-order valence-corrected chi connectivity index (χ3v) is 4.63. The second kappa shape index (κ2) is 12.6. The number of ether oxygens (including phenoxy) is 1. The maximum absolute atomic E-state index is 13.8. The van der Waals surface area contributed by atoms with Gasteiger partial charge in [0.15, 0.2) is 5.96 Å². The first kappa shape index (κ1) is 25.0. The van der Waals surface area contributed by atoms with Gasteiger partial charge in [-0.1, -0.05) is 12.1 Å². The zero-order valence-corrected chi connectivity index (χ0v) is 19.6. The number of aliphatic imine (C=N–C) groups is 1. The molecule has 1 amide bonds. The van der Waals surface area contributed by atoms with E-state index in [1.807, 2.05) is 31.2 Å². The Hall–Kier alpha value is -2.27. The van der Waals surface area contributed by atoms with Gasteiger partial charge in [-0.15, -0.1) is 24.0 Å². The van der Waals surface area contributed by atoms with E-state index in [0.717, 1.165) is 36.6 Å². The van der Waals surface area contributed by atoms with E-state index < -0.39 is 11.6 Å². The standard InChI is InChI=1S/C22H26F2N4O2.HI/c1-2-25-22(27-14-16-12-17(23)8-9-19(16)24)26-13-15-5-3-6-18(11-15)28-21(29)20-7-4-10-30-20;/h3,5-6,8-9,11-12,20H,2,4,7,10,13-14H2,1H3,(H,28,29)(H2,25,26,27);1H. The molecule has 0 radical (unpaired) electrons. The summed E-state index contributed by atoms with van der Waals surface area (Å²) in [5, 5.41) is 8.96. The van der Waals surface area contributed by atoms with Crippen LogP contribution in [0.3, 0.4) is 0 Å². The van der Waals surface area contributed by atoms with Crippen LogP contribution >= 0.6 is 24.0 Å². The highest BCUT2D eigenvalue weighted by atomic mass is 127. The predicted octanol–water partition coefficient (Wildman–Crippen LogP) is 3.96. The van der Waals surface area contributed by atoms with Crippen molar-refractivity contribution in [2.45, 2.75) is 39.0 Å². The van der Waals surface area contributed by atoms with Gasteiger partial charge in [0, 0.05) is 30.9 Å². The van der Waals surface area contributed by atoms with Crippen molar-refractivity contribution < 1.29 is 18.3 Å². The highest BCUT2D eigenvalue weighted by Crippen LogP contribution is 2.16. The number of nitrogens with zero attached hydrogens (tertiary/aromatic N) is 1. The summed E-state index contributed by atoms with van der Waals surface area (Å²) in [6, 6.07) is 10.8. The van der Waals surface area contributed by atoms with Crippen LogP contribution < -0.4 is 16.0 Å². The molecule has 1 fully saturated rings. The molecule has 2 aromatic rings. The minimum Gasteiger partial charge on any atom is -0.368 e. The Labute approximate surface area is 197 Å². The molecular formula is C22H27F2IN4O2. The molecule has 1 heterocycles. The Morgan fingerprint density at radius 1 is 1.19 bits per heavy atom. The molecule has 2 aromatic carbocycles. The lowest BCUT2D eigenvalue weighted by Gasteiger charge is -2.13. The second-order valence-electron chi connectivity index (χ2n) is 6.98. The van der Waals surface area contributed by atoms with E-state index in [2.05, 4.69) is 20.9 Å². The fourth-order valence-corrected chi connectivity index (χ4v) is 3.12. The summed E-state index contributed by atoms with van der Waals surface area (Å²) in [4.78, 5) is 16.7. The fraction of sp³-hybridized carbons (Fsp3) is 0.364. The summed E-state index contributed by atoms with van der Waals surface area (Å²) in [5.74, 6) is -0.623. The molecule has 1 aliphatic rings. The van der Waals surface area contributed by atoms with Gasteiger partial charge in [-0.25, -0.2) is 13.8 Å². The molecule has 0 aliphatic carbocycles. The zero-order chi connectivity index (χ0) is 21.3.